The monoisotopic (exact) mass is 269 g/mol. The normalized spacial score (nSPS) is 14.2. The van der Waals surface area contributed by atoms with E-state index in [2.05, 4.69) is 6.92 Å². The summed E-state index contributed by atoms with van der Waals surface area (Å²) in [6.45, 7) is 3.98. The minimum absolute atomic E-state index is 0.264. The van der Waals surface area contributed by atoms with Gasteiger partial charge in [-0.3, -0.25) is 4.79 Å². The Hall–Kier alpha value is -1.03. The van der Waals surface area contributed by atoms with E-state index in [0.717, 1.165) is 17.7 Å². The zero-order valence-corrected chi connectivity index (χ0v) is 11.7. The van der Waals surface area contributed by atoms with Gasteiger partial charge in [0.1, 0.15) is 5.82 Å². The molecule has 0 spiro atoms. The summed E-state index contributed by atoms with van der Waals surface area (Å²) in [4.78, 5) is 11.6. The summed E-state index contributed by atoms with van der Waals surface area (Å²) in [6, 6.07) is 6.24. The third-order valence-corrected chi connectivity index (χ3v) is 4.41. The van der Waals surface area contributed by atoms with Crippen LogP contribution in [-0.2, 0) is 11.2 Å². The number of carbonyl (C=O) groups excluding carboxylic acids is 1. The van der Waals surface area contributed by atoms with Gasteiger partial charge in [-0.25, -0.2) is 4.39 Å². The van der Waals surface area contributed by atoms with Crippen molar-refractivity contribution < 1.29 is 9.18 Å². The van der Waals surface area contributed by atoms with E-state index in [0.29, 0.717) is 12.2 Å². The Kier molecular flexibility index (Phi) is 5.66. The molecule has 1 aromatic rings. The quantitative estimate of drug-likeness (QED) is 0.773. The minimum atomic E-state index is -0.572. The van der Waals surface area contributed by atoms with E-state index in [1.54, 1.807) is 23.9 Å². The number of hydrogen-bond acceptors (Lipinski definition) is 2. The van der Waals surface area contributed by atoms with Crippen LogP contribution in [-0.4, -0.2) is 17.4 Å². The molecule has 0 radical (unpaired) electrons. The summed E-state index contributed by atoms with van der Waals surface area (Å²) in [7, 11) is 0. The number of primary amides is 1. The van der Waals surface area contributed by atoms with Crippen molar-refractivity contribution in [3.05, 3.63) is 35.6 Å². The van der Waals surface area contributed by atoms with E-state index in [4.69, 9.17) is 5.73 Å². The van der Waals surface area contributed by atoms with Gasteiger partial charge in [0.05, 0.1) is 5.41 Å². The third kappa shape index (κ3) is 4.33. The Morgan fingerprint density at radius 1 is 1.39 bits per heavy atom. The number of nitrogens with two attached hydrogens (primary N) is 1. The van der Waals surface area contributed by atoms with Crippen LogP contribution in [0.2, 0.25) is 0 Å². The molecule has 1 unspecified atom stereocenters. The van der Waals surface area contributed by atoms with E-state index >= 15 is 0 Å². The average molecular weight is 269 g/mol. The van der Waals surface area contributed by atoms with Crippen LogP contribution in [0.15, 0.2) is 24.3 Å². The van der Waals surface area contributed by atoms with Gasteiger partial charge in [-0.05, 0) is 43.2 Å². The van der Waals surface area contributed by atoms with Gasteiger partial charge < -0.3 is 5.73 Å². The molecule has 0 aromatic heterocycles. The first-order chi connectivity index (χ1) is 8.48. The zero-order valence-electron chi connectivity index (χ0n) is 10.9. The van der Waals surface area contributed by atoms with E-state index in [9.17, 15) is 9.18 Å². The van der Waals surface area contributed by atoms with Gasteiger partial charge in [0, 0.05) is 5.75 Å². The van der Waals surface area contributed by atoms with Gasteiger partial charge in [-0.2, -0.15) is 11.8 Å². The molecular weight excluding hydrogens is 249 g/mol. The fourth-order valence-electron chi connectivity index (χ4n) is 1.70. The van der Waals surface area contributed by atoms with E-state index < -0.39 is 5.41 Å². The molecule has 0 heterocycles. The minimum Gasteiger partial charge on any atom is -0.369 e. The Morgan fingerprint density at radius 2 is 2.00 bits per heavy atom. The molecule has 4 heteroatoms. The molecule has 18 heavy (non-hydrogen) atoms. The highest BCUT2D eigenvalue weighted by molar-refractivity contribution is 7.99. The van der Waals surface area contributed by atoms with Crippen LogP contribution in [0, 0.1) is 11.2 Å². The first kappa shape index (κ1) is 15.0. The number of benzene rings is 1. The lowest BCUT2D eigenvalue weighted by Crippen LogP contribution is -2.38. The van der Waals surface area contributed by atoms with Gasteiger partial charge in [-0.15, -0.1) is 0 Å². The summed E-state index contributed by atoms with van der Waals surface area (Å²) in [5, 5.41) is 0. The SMILES string of the molecule is CCCSCC(C)(Cc1ccc(F)cc1)C(N)=O. The Balaban J connectivity index is 2.72. The summed E-state index contributed by atoms with van der Waals surface area (Å²) in [6.07, 6.45) is 1.63. The Labute approximate surface area is 112 Å². The fraction of sp³-hybridized carbons (Fsp3) is 0.500. The summed E-state index contributed by atoms with van der Waals surface area (Å²) in [5.41, 5.74) is 5.87. The van der Waals surface area contributed by atoms with Crippen LogP contribution >= 0.6 is 11.8 Å². The largest absolute Gasteiger partial charge is 0.369 e. The maximum Gasteiger partial charge on any atom is 0.224 e. The van der Waals surface area contributed by atoms with Crippen LogP contribution in [0.3, 0.4) is 0 Å². The molecule has 2 nitrogen and oxygen atoms in total. The lowest BCUT2D eigenvalue weighted by Gasteiger charge is -2.25. The second kappa shape index (κ2) is 6.78. The maximum absolute atomic E-state index is 12.8. The van der Waals surface area contributed by atoms with E-state index in [1.165, 1.54) is 12.1 Å². The number of halogens is 1. The first-order valence-electron chi connectivity index (χ1n) is 6.10. The molecule has 0 saturated heterocycles. The third-order valence-electron chi connectivity index (χ3n) is 2.87. The van der Waals surface area contributed by atoms with Crippen molar-refractivity contribution in [1.29, 1.82) is 0 Å². The Bertz CT molecular complexity index is 393. The highest BCUT2D eigenvalue weighted by Crippen LogP contribution is 2.27. The molecule has 2 N–H and O–H groups in total. The molecule has 100 valence electrons. The van der Waals surface area contributed by atoms with Crippen LogP contribution in [0.4, 0.5) is 4.39 Å². The number of thioether (sulfide) groups is 1. The van der Waals surface area contributed by atoms with Gasteiger partial charge >= 0.3 is 0 Å². The van der Waals surface area contributed by atoms with Crippen molar-refractivity contribution in [1.82, 2.24) is 0 Å². The van der Waals surface area contributed by atoms with Gasteiger partial charge in [0.25, 0.3) is 0 Å². The predicted octanol–water partition coefficient (Wildman–Crippen LogP) is 3.00. The zero-order chi connectivity index (χ0) is 13.6. The van der Waals surface area contributed by atoms with Crippen molar-refractivity contribution in [2.45, 2.75) is 26.7 Å². The highest BCUT2D eigenvalue weighted by Gasteiger charge is 2.31. The standard InChI is InChI=1S/C14H20FNOS/c1-3-8-18-10-14(2,13(16)17)9-11-4-6-12(15)7-5-11/h4-7H,3,8-10H2,1-2H3,(H2,16,17). The topological polar surface area (TPSA) is 43.1 Å². The van der Waals surface area contributed by atoms with Crippen LogP contribution < -0.4 is 5.73 Å². The molecule has 1 aromatic carbocycles. The summed E-state index contributed by atoms with van der Waals surface area (Å²) in [5.74, 6) is 1.16. The van der Waals surface area contributed by atoms with Crippen molar-refractivity contribution in [2.24, 2.45) is 11.1 Å². The van der Waals surface area contributed by atoms with Gasteiger partial charge in [0.2, 0.25) is 5.91 Å². The number of hydrogen-bond donors (Lipinski definition) is 1. The van der Waals surface area contributed by atoms with Crippen molar-refractivity contribution >= 4 is 17.7 Å². The number of amides is 1. The molecule has 0 aliphatic rings. The molecule has 0 bridgehead atoms. The molecule has 0 saturated carbocycles. The van der Waals surface area contributed by atoms with Crippen molar-refractivity contribution in [3.8, 4) is 0 Å². The predicted molar refractivity (Wildman–Crippen MR) is 75.0 cm³/mol. The van der Waals surface area contributed by atoms with Crippen molar-refractivity contribution in [2.75, 3.05) is 11.5 Å². The lowest BCUT2D eigenvalue weighted by atomic mass is 9.85. The van der Waals surface area contributed by atoms with Crippen LogP contribution in [0.1, 0.15) is 25.8 Å². The number of carbonyl (C=O) groups is 1. The fourth-order valence-corrected chi connectivity index (χ4v) is 2.83. The molecular formula is C14H20FNOS. The van der Waals surface area contributed by atoms with E-state index in [-0.39, 0.29) is 11.7 Å². The first-order valence-corrected chi connectivity index (χ1v) is 7.25. The molecule has 0 fully saturated rings. The summed E-state index contributed by atoms with van der Waals surface area (Å²) < 4.78 is 12.8. The molecule has 1 atom stereocenters. The summed E-state index contributed by atoms with van der Waals surface area (Å²) >= 11 is 1.74. The lowest BCUT2D eigenvalue weighted by molar-refractivity contribution is -0.125. The number of rotatable bonds is 7. The highest BCUT2D eigenvalue weighted by atomic mass is 32.2. The molecule has 0 aliphatic carbocycles. The Morgan fingerprint density at radius 3 is 2.50 bits per heavy atom. The van der Waals surface area contributed by atoms with E-state index in [1.807, 2.05) is 6.92 Å². The maximum atomic E-state index is 12.8. The van der Waals surface area contributed by atoms with Gasteiger partial charge in [0.15, 0.2) is 0 Å². The smallest absolute Gasteiger partial charge is 0.224 e. The van der Waals surface area contributed by atoms with Crippen LogP contribution in [0.5, 0.6) is 0 Å². The van der Waals surface area contributed by atoms with Crippen LogP contribution in [0.25, 0.3) is 0 Å². The van der Waals surface area contributed by atoms with Gasteiger partial charge in [-0.1, -0.05) is 19.1 Å². The molecule has 1 amide bonds. The van der Waals surface area contributed by atoms with Crippen molar-refractivity contribution in [3.63, 3.8) is 0 Å². The molecule has 1 rings (SSSR count). The second-order valence-electron chi connectivity index (χ2n) is 4.78. The second-order valence-corrected chi connectivity index (χ2v) is 5.89. The molecule has 0 aliphatic heterocycles. The average Bonchev–Trinajstić information content (AvgIpc) is 2.32.